The predicted octanol–water partition coefficient (Wildman–Crippen LogP) is 1.89. The van der Waals surface area contributed by atoms with Gasteiger partial charge in [0.15, 0.2) is 5.78 Å². The number of nitrogens with zero attached hydrogens (tertiary/aromatic N) is 1. The fraction of sp³-hybridized carbons (Fsp3) is 0.273. The molecule has 14 heavy (non-hydrogen) atoms. The summed E-state index contributed by atoms with van der Waals surface area (Å²) >= 11 is 0. The summed E-state index contributed by atoms with van der Waals surface area (Å²) in [6.07, 6.45) is 0.305. The molecule has 0 spiro atoms. The van der Waals surface area contributed by atoms with Gasteiger partial charge in [0, 0.05) is 12.0 Å². The number of benzene rings is 1. The molecule has 0 saturated heterocycles. The molecule has 1 atom stereocenters. The second-order valence-electron chi connectivity index (χ2n) is 3.26. The molecule has 3 nitrogen and oxygen atoms in total. The Morgan fingerprint density at radius 1 is 1.57 bits per heavy atom. The lowest BCUT2D eigenvalue weighted by Crippen LogP contribution is -1.91. The molecule has 1 aromatic rings. The standard InChI is InChI=1S/C11H9NO2/c1-14-8-2-3-9-10(5-8)7(6-12)4-11(9)13/h2-3,5,7H,4H2,1H3. The van der Waals surface area contributed by atoms with Crippen LogP contribution in [0.1, 0.15) is 28.3 Å². The van der Waals surface area contributed by atoms with Gasteiger partial charge in [-0.25, -0.2) is 0 Å². The van der Waals surface area contributed by atoms with Gasteiger partial charge in [-0.3, -0.25) is 4.79 Å². The minimum atomic E-state index is -0.299. The number of hydrogen-bond donors (Lipinski definition) is 0. The highest BCUT2D eigenvalue weighted by atomic mass is 16.5. The zero-order chi connectivity index (χ0) is 10.1. The number of fused-ring (bicyclic) bond motifs is 1. The molecule has 70 valence electrons. The first-order chi connectivity index (χ1) is 6.76. The van der Waals surface area contributed by atoms with Gasteiger partial charge in [0.1, 0.15) is 5.75 Å². The Balaban J connectivity index is 2.54. The first-order valence-electron chi connectivity index (χ1n) is 4.37. The van der Waals surface area contributed by atoms with Crippen LogP contribution in [0.2, 0.25) is 0 Å². The van der Waals surface area contributed by atoms with E-state index < -0.39 is 0 Å². The zero-order valence-electron chi connectivity index (χ0n) is 7.78. The molecule has 1 unspecified atom stereocenters. The van der Waals surface area contributed by atoms with Crippen LogP contribution in [0.3, 0.4) is 0 Å². The Hall–Kier alpha value is -1.82. The molecule has 1 aliphatic carbocycles. The maximum Gasteiger partial charge on any atom is 0.164 e. The van der Waals surface area contributed by atoms with Gasteiger partial charge >= 0.3 is 0 Å². The van der Waals surface area contributed by atoms with Crippen LogP contribution in [0.15, 0.2) is 18.2 Å². The van der Waals surface area contributed by atoms with E-state index >= 15 is 0 Å². The van der Waals surface area contributed by atoms with Crippen LogP contribution >= 0.6 is 0 Å². The van der Waals surface area contributed by atoms with E-state index in [4.69, 9.17) is 10.00 Å². The van der Waals surface area contributed by atoms with Crippen molar-refractivity contribution in [2.75, 3.05) is 7.11 Å². The number of ketones is 1. The van der Waals surface area contributed by atoms with Crippen LogP contribution in [0.4, 0.5) is 0 Å². The van der Waals surface area contributed by atoms with Crippen molar-refractivity contribution in [3.05, 3.63) is 29.3 Å². The predicted molar refractivity (Wildman–Crippen MR) is 50.3 cm³/mol. The van der Waals surface area contributed by atoms with Crippen molar-refractivity contribution in [3.63, 3.8) is 0 Å². The quantitative estimate of drug-likeness (QED) is 0.674. The minimum Gasteiger partial charge on any atom is -0.497 e. The molecule has 2 rings (SSSR count). The molecule has 0 bridgehead atoms. The first-order valence-corrected chi connectivity index (χ1v) is 4.37. The number of hydrogen-bond acceptors (Lipinski definition) is 3. The lowest BCUT2D eigenvalue weighted by molar-refractivity contribution is 0.0992. The van der Waals surface area contributed by atoms with E-state index in [-0.39, 0.29) is 11.7 Å². The zero-order valence-corrected chi connectivity index (χ0v) is 7.78. The molecule has 3 heteroatoms. The van der Waals surface area contributed by atoms with Crippen molar-refractivity contribution in [2.45, 2.75) is 12.3 Å². The number of nitriles is 1. The molecule has 0 amide bonds. The molecule has 0 aliphatic heterocycles. The highest BCUT2D eigenvalue weighted by Crippen LogP contribution is 2.34. The van der Waals surface area contributed by atoms with Crippen molar-refractivity contribution in [1.82, 2.24) is 0 Å². The van der Waals surface area contributed by atoms with Gasteiger partial charge in [0.25, 0.3) is 0 Å². The third-order valence-corrected chi connectivity index (χ3v) is 2.48. The highest BCUT2D eigenvalue weighted by Gasteiger charge is 2.29. The van der Waals surface area contributed by atoms with E-state index in [1.54, 1.807) is 25.3 Å². The van der Waals surface area contributed by atoms with Crippen LogP contribution in [0.25, 0.3) is 0 Å². The van der Waals surface area contributed by atoms with Gasteiger partial charge in [-0.1, -0.05) is 0 Å². The fourth-order valence-corrected chi connectivity index (χ4v) is 1.73. The molecule has 0 radical (unpaired) electrons. The van der Waals surface area contributed by atoms with E-state index in [9.17, 15) is 4.79 Å². The van der Waals surface area contributed by atoms with Crippen LogP contribution in [0, 0.1) is 11.3 Å². The third-order valence-electron chi connectivity index (χ3n) is 2.48. The van der Waals surface area contributed by atoms with Gasteiger partial charge in [0.05, 0.1) is 19.1 Å². The third kappa shape index (κ3) is 1.16. The maximum atomic E-state index is 11.4. The molecule has 1 aliphatic rings. The summed E-state index contributed by atoms with van der Waals surface area (Å²) in [5.74, 6) is 0.445. The summed E-state index contributed by atoms with van der Waals surface area (Å²) in [5.41, 5.74) is 1.47. The van der Waals surface area contributed by atoms with Crippen molar-refractivity contribution < 1.29 is 9.53 Å². The van der Waals surface area contributed by atoms with Crippen molar-refractivity contribution in [2.24, 2.45) is 0 Å². The van der Waals surface area contributed by atoms with E-state index in [2.05, 4.69) is 6.07 Å². The SMILES string of the molecule is COc1ccc2c(c1)C(C#N)CC2=O. The molecule has 1 aromatic carbocycles. The molecular formula is C11H9NO2. The van der Waals surface area contributed by atoms with Crippen molar-refractivity contribution >= 4 is 5.78 Å². The Morgan fingerprint density at radius 3 is 3.00 bits per heavy atom. The second kappa shape index (κ2) is 3.15. The van der Waals surface area contributed by atoms with Gasteiger partial charge in [0.2, 0.25) is 0 Å². The molecule has 0 N–H and O–H groups in total. The van der Waals surface area contributed by atoms with E-state index in [1.165, 1.54) is 0 Å². The fourth-order valence-electron chi connectivity index (χ4n) is 1.73. The number of carbonyl (C=O) groups is 1. The Bertz CT molecular complexity index is 431. The average Bonchev–Trinajstić information content (AvgIpc) is 2.55. The van der Waals surface area contributed by atoms with E-state index in [1.807, 2.05) is 0 Å². The Morgan fingerprint density at radius 2 is 2.36 bits per heavy atom. The summed E-state index contributed by atoms with van der Waals surface area (Å²) in [5, 5.41) is 8.85. The van der Waals surface area contributed by atoms with E-state index in [0.717, 1.165) is 5.56 Å². The number of methoxy groups -OCH3 is 1. The lowest BCUT2D eigenvalue weighted by Gasteiger charge is -2.03. The van der Waals surface area contributed by atoms with E-state index in [0.29, 0.717) is 17.7 Å². The number of ether oxygens (including phenoxy) is 1. The van der Waals surface area contributed by atoms with Crippen LogP contribution in [0.5, 0.6) is 5.75 Å². The highest BCUT2D eigenvalue weighted by molar-refractivity contribution is 6.02. The molecule has 0 aromatic heterocycles. The molecule has 0 saturated carbocycles. The summed E-state index contributed by atoms with van der Waals surface area (Å²) in [7, 11) is 1.57. The monoisotopic (exact) mass is 187 g/mol. The first kappa shape index (κ1) is 8.76. The van der Waals surface area contributed by atoms with Gasteiger partial charge in [-0.2, -0.15) is 5.26 Å². The molecule has 0 fully saturated rings. The minimum absolute atomic E-state index is 0.0502. The number of carbonyl (C=O) groups excluding carboxylic acids is 1. The summed E-state index contributed by atoms with van der Waals surface area (Å²) in [6, 6.07) is 7.37. The smallest absolute Gasteiger partial charge is 0.164 e. The molecular weight excluding hydrogens is 178 g/mol. The van der Waals surface area contributed by atoms with Crippen LogP contribution in [-0.2, 0) is 0 Å². The Kier molecular flexibility index (Phi) is 1.97. The Labute approximate surface area is 81.9 Å². The lowest BCUT2D eigenvalue weighted by atomic mass is 10.0. The van der Waals surface area contributed by atoms with Crippen molar-refractivity contribution in [1.29, 1.82) is 5.26 Å². The maximum absolute atomic E-state index is 11.4. The summed E-state index contributed by atoms with van der Waals surface area (Å²) in [6.45, 7) is 0. The van der Waals surface area contributed by atoms with Crippen LogP contribution < -0.4 is 4.74 Å². The largest absolute Gasteiger partial charge is 0.497 e. The summed E-state index contributed by atoms with van der Waals surface area (Å²) in [4.78, 5) is 11.4. The number of Topliss-reactive ketones (excluding diaryl/α,β-unsaturated/α-hetero) is 1. The topological polar surface area (TPSA) is 50.1 Å². The second-order valence-corrected chi connectivity index (χ2v) is 3.26. The van der Waals surface area contributed by atoms with Gasteiger partial charge in [-0.15, -0.1) is 0 Å². The number of rotatable bonds is 1. The normalized spacial score (nSPS) is 18.9. The van der Waals surface area contributed by atoms with Crippen LogP contribution in [-0.4, -0.2) is 12.9 Å². The van der Waals surface area contributed by atoms with Gasteiger partial charge < -0.3 is 4.74 Å². The molecule has 0 heterocycles. The average molecular weight is 187 g/mol. The van der Waals surface area contributed by atoms with Crippen molar-refractivity contribution in [3.8, 4) is 11.8 Å². The van der Waals surface area contributed by atoms with Gasteiger partial charge in [-0.05, 0) is 23.8 Å². The summed E-state index contributed by atoms with van der Waals surface area (Å²) < 4.78 is 5.05.